The Balaban J connectivity index is 2.57. The van der Waals surface area contributed by atoms with E-state index in [4.69, 9.17) is 16.9 Å². The molecule has 0 aromatic heterocycles. The first-order valence-corrected chi connectivity index (χ1v) is 6.41. The van der Waals surface area contributed by atoms with Crippen molar-refractivity contribution in [3.63, 3.8) is 0 Å². The van der Waals surface area contributed by atoms with Crippen molar-refractivity contribution < 1.29 is 4.79 Å². The summed E-state index contributed by atoms with van der Waals surface area (Å²) in [6, 6.07) is 8.51. The number of halogens is 1. The van der Waals surface area contributed by atoms with E-state index in [2.05, 4.69) is 16.7 Å². The molecule has 0 saturated heterocycles. The maximum Gasteiger partial charge on any atom is 0.223 e. The average Bonchev–Trinajstić information content (AvgIpc) is 2.28. The van der Waals surface area contributed by atoms with Crippen LogP contribution in [-0.4, -0.2) is 17.5 Å². The summed E-state index contributed by atoms with van der Waals surface area (Å²) in [5.41, 5.74) is 0.469. The molecule has 0 bridgehead atoms. The van der Waals surface area contributed by atoms with Crippen molar-refractivity contribution in [2.45, 2.75) is 38.8 Å². The molecule has 0 aliphatic carbocycles. The molecule has 1 rings (SSSR count). The van der Waals surface area contributed by atoms with Crippen LogP contribution in [0.25, 0.3) is 0 Å². The SMILES string of the molecule is CC(C)(C)NC(=O)CC(C#N)Nc1ccc(Cl)cc1. The largest absolute Gasteiger partial charge is 0.369 e. The molecule has 0 spiro atoms. The number of nitrogens with one attached hydrogen (secondary N) is 2. The monoisotopic (exact) mass is 279 g/mol. The highest BCUT2D eigenvalue weighted by atomic mass is 35.5. The Morgan fingerprint density at radius 1 is 1.37 bits per heavy atom. The Labute approximate surface area is 118 Å². The van der Waals surface area contributed by atoms with Gasteiger partial charge in [0, 0.05) is 16.2 Å². The first-order chi connectivity index (χ1) is 8.80. The zero-order valence-corrected chi connectivity index (χ0v) is 12.1. The quantitative estimate of drug-likeness (QED) is 0.890. The maximum atomic E-state index is 11.7. The van der Waals surface area contributed by atoms with E-state index in [9.17, 15) is 4.79 Å². The fraction of sp³-hybridized carbons (Fsp3) is 0.429. The molecule has 0 fully saturated rings. The van der Waals surface area contributed by atoms with Gasteiger partial charge in [0.2, 0.25) is 5.91 Å². The number of amides is 1. The molecule has 1 amide bonds. The molecule has 1 aromatic rings. The number of hydrogen-bond donors (Lipinski definition) is 2. The molecular weight excluding hydrogens is 262 g/mol. The van der Waals surface area contributed by atoms with Crippen LogP contribution in [0.1, 0.15) is 27.2 Å². The van der Waals surface area contributed by atoms with Crippen LogP contribution in [0.5, 0.6) is 0 Å². The second kappa shape index (κ2) is 6.44. The normalized spacial score (nSPS) is 12.4. The van der Waals surface area contributed by atoms with Gasteiger partial charge in [-0.05, 0) is 45.0 Å². The molecular formula is C14H18ClN3O. The van der Waals surface area contributed by atoms with Crippen LogP contribution in [0.4, 0.5) is 5.69 Å². The van der Waals surface area contributed by atoms with E-state index in [1.807, 2.05) is 20.8 Å². The van der Waals surface area contributed by atoms with Gasteiger partial charge in [0.1, 0.15) is 6.04 Å². The van der Waals surface area contributed by atoms with E-state index in [1.165, 1.54) is 0 Å². The van der Waals surface area contributed by atoms with Crippen LogP contribution >= 0.6 is 11.6 Å². The van der Waals surface area contributed by atoms with Crippen LogP contribution in [0, 0.1) is 11.3 Å². The molecule has 4 nitrogen and oxygen atoms in total. The Morgan fingerprint density at radius 3 is 2.42 bits per heavy atom. The number of nitriles is 1. The molecule has 0 aliphatic rings. The van der Waals surface area contributed by atoms with Crippen molar-refractivity contribution in [1.29, 1.82) is 5.26 Å². The van der Waals surface area contributed by atoms with Crippen molar-refractivity contribution in [2.75, 3.05) is 5.32 Å². The highest BCUT2D eigenvalue weighted by molar-refractivity contribution is 6.30. The molecule has 0 heterocycles. The van der Waals surface area contributed by atoms with Crippen molar-refractivity contribution in [3.8, 4) is 6.07 Å². The van der Waals surface area contributed by atoms with Gasteiger partial charge in [-0.1, -0.05) is 11.6 Å². The van der Waals surface area contributed by atoms with E-state index in [1.54, 1.807) is 24.3 Å². The lowest BCUT2D eigenvalue weighted by atomic mass is 10.1. The van der Waals surface area contributed by atoms with Crippen molar-refractivity contribution >= 4 is 23.2 Å². The number of anilines is 1. The molecule has 19 heavy (non-hydrogen) atoms. The van der Waals surface area contributed by atoms with Gasteiger partial charge in [-0.3, -0.25) is 4.79 Å². The lowest BCUT2D eigenvalue weighted by molar-refractivity contribution is -0.122. The fourth-order valence-electron chi connectivity index (χ4n) is 1.53. The third kappa shape index (κ3) is 6.12. The highest BCUT2D eigenvalue weighted by Crippen LogP contribution is 2.15. The van der Waals surface area contributed by atoms with Gasteiger partial charge in [0.15, 0.2) is 0 Å². The second-order valence-electron chi connectivity index (χ2n) is 5.34. The summed E-state index contributed by atoms with van der Waals surface area (Å²) in [5, 5.41) is 15.5. The van der Waals surface area contributed by atoms with Gasteiger partial charge in [0.25, 0.3) is 0 Å². The number of carbonyl (C=O) groups excluding carboxylic acids is 1. The summed E-state index contributed by atoms with van der Waals surface area (Å²) >= 11 is 5.78. The fourth-order valence-corrected chi connectivity index (χ4v) is 1.66. The van der Waals surface area contributed by atoms with E-state index >= 15 is 0 Å². The van der Waals surface area contributed by atoms with E-state index in [0.29, 0.717) is 5.02 Å². The third-order valence-electron chi connectivity index (χ3n) is 2.24. The number of nitrogens with zero attached hydrogens (tertiary/aromatic N) is 1. The summed E-state index contributed by atoms with van der Waals surface area (Å²) in [4.78, 5) is 11.7. The Bertz CT molecular complexity index is 471. The first-order valence-electron chi connectivity index (χ1n) is 6.03. The predicted molar refractivity (Wildman–Crippen MR) is 77.0 cm³/mol. The van der Waals surface area contributed by atoms with Gasteiger partial charge in [0.05, 0.1) is 12.5 Å². The van der Waals surface area contributed by atoms with Gasteiger partial charge in [-0.15, -0.1) is 0 Å². The summed E-state index contributed by atoms with van der Waals surface area (Å²) in [6.45, 7) is 5.71. The van der Waals surface area contributed by atoms with E-state index in [-0.39, 0.29) is 17.9 Å². The van der Waals surface area contributed by atoms with Gasteiger partial charge in [-0.25, -0.2) is 0 Å². The van der Waals surface area contributed by atoms with Crippen LogP contribution in [-0.2, 0) is 4.79 Å². The number of benzene rings is 1. The molecule has 1 aromatic carbocycles. The molecule has 0 saturated carbocycles. The smallest absolute Gasteiger partial charge is 0.223 e. The number of carbonyl (C=O) groups is 1. The average molecular weight is 280 g/mol. The van der Waals surface area contributed by atoms with Gasteiger partial charge in [-0.2, -0.15) is 5.26 Å². The summed E-state index contributed by atoms with van der Waals surface area (Å²) < 4.78 is 0. The van der Waals surface area contributed by atoms with Crippen molar-refractivity contribution in [2.24, 2.45) is 0 Å². The number of rotatable bonds is 4. The number of hydrogen-bond acceptors (Lipinski definition) is 3. The Morgan fingerprint density at radius 2 is 1.95 bits per heavy atom. The lowest BCUT2D eigenvalue weighted by Crippen LogP contribution is -2.42. The summed E-state index contributed by atoms with van der Waals surface area (Å²) in [7, 11) is 0. The molecule has 0 aliphatic heterocycles. The molecule has 1 unspecified atom stereocenters. The molecule has 1 atom stereocenters. The minimum Gasteiger partial charge on any atom is -0.369 e. The third-order valence-corrected chi connectivity index (χ3v) is 2.50. The standard InChI is InChI=1S/C14H18ClN3O/c1-14(2,3)18-13(19)8-12(9-16)17-11-6-4-10(15)5-7-11/h4-7,12,17H,8H2,1-3H3,(H,18,19). The summed E-state index contributed by atoms with van der Waals surface area (Å²) in [6.07, 6.45) is 0.108. The van der Waals surface area contributed by atoms with Crippen molar-refractivity contribution in [3.05, 3.63) is 29.3 Å². The first kappa shape index (κ1) is 15.3. The molecule has 2 N–H and O–H groups in total. The van der Waals surface area contributed by atoms with Crippen LogP contribution in [0.2, 0.25) is 5.02 Å². The van der Waals surface area contributed by atoms with Gasteiger partial charge >= 0.3 is 0 Å². The molecule has 5 heteroatoms. The summed E-state index contributed by atoms with van der Waals surface area (Å²) in [5.74, 6) is -0.152. The van der Waals surface area contributed by atoms with Gasteiger partial charge < -0.3 is 10.6 Å². The minimum atomic E-state index is -0.566. The topological polar surface area (TPSA) is 64.9 Å². The van der Waals surface area contributed by atoms with Crippen LogP contribution in [0.15, 0.2) is 24.3 Å². The van der Waals surface area contributed by atoms with Crippen LogP contribution in [0.3, 0.4) is 0 Å². The molecule has 0 radical (unpaired) electrons. The zero-order chi connectivity index (χ0) is 14.5. The Kier molecular flexibility index (Phi) is 5.20. The highest BCUT2D eigenvalue weighted by Gasteiger charge is 2.18. The molecule has 102 valence electrons. The van der Waals surface area contributed by atoms with Crippen LogP contribution < -0.4 is 10.6 Å². The lowest BCUT2D eigenvalue weighted by Gasteiger charge is -2.21. The van der Waals surface area contributed by atoms with E-state index < -0.39 is 6.04 Å². The zero-order valence-electron chi connectivity index (χ0n) is 11.3. The van der Waals surface area contributed by atoms with E-state index in [0.717, 1.165) is 5.69 Å². The second-order valence-corrected chi connectivity index (χ2v) is 5.77. The predicted octanol–water partition coefficient (Wildman–Crippen LogP) is 2.95. The maximum absolute atomic E-state index is 11.7. The van der Waals surface area contributed by atoms with Crippen molar-refractivity contribution in [1.82, 2.24) is 5.32 Å². The minimum absolute atomic E-state index is 0.108. The Hall–Kier alpha value is -1.73.